The molecule has 0 spiro atoms. The minimum atomic E-state index is 0.280. The highest BCUT2D eigenvalue weighted by Gasteiger charge is 2.21. The summed E-state index contributed by atoms with van der Waals surface area (Å²) < 4.78 is 0. The highest BCUT2D eigenvalue weighted by Crippen LogP contribution is 2.23. The van der Waals surface area contributed by atoms with Gasteiger partial charge in [-0.1, -0.05) is 13.0 Å². The van der Waals surface area contributed by atoms with Gasteiger partial charge in [0.05, 0.1) is 0 Å². The van der Waals surface area contributed by atoms with Crippen molar-refractivity contribution in [3.8, 4) is 0 Å². The van der Waals surface area contributed by atoms with E-state index in [0.717, 1.165) is 44.3 Å². The summed E-state index contributed by atoms with van der Waals surface area (Å²) in [4.78, 5) is 25.1. The predicted octanol–water partition coefficient (Wildman–Crippen LogP) is 2.31. The fraction of sp³-hybridized carbons (Fsp3) is 0.714. The maximum absolute atomic E-state index is 11.7. The average Bonchev–Trinajstić information content (AvgIpc) is 2.68. The standard InChI is InChI=1S/C14H21NO2/c1-11-6-7-12(13(16)10-11)4-2-8-15-9-3-5-14(15)17/h7,11H,2-6,8-10H2,1H3. The van der Waals surface area contributed by atoms with Gasteiger partial charge in [-0.05, 0) is 37.2 Å². The Balaban J connectivity index is 1.75. The summed E-state index contributed by atoms with van der Waals surface area (Å²) in [5.41, 5.74) is 0.995. The molecule has 1 aliphatic carbocycles. The van der Waals surface area contributed by atoms with E-state index >= 15 is 0 Å². The summed E-state index contributed by atoms with van der Waals surface area (Å²) in [6.45, 7) is 3.84. The van der Waals surface area contributed by atoms with Gasteiger partial charge in [0.1, 0.15) is 0 Å². The van der Waals surface area contributed by atoms with Crippen molar-refractivity contribution in [2.75, 3.05) is 13.1 Å². The minimum absolute atomic E-state index is 0.280. The third-order valence-electron chi connectivity index (χ3n) is 3.70. The van der Waals surface area contributed by atoms with Gasteiger partial charge in [-0.2, -0.15) is 0 Å². The van der Waals surface area contributed by atoms with Crippen molar-refractivity contribution in [1.29, 1.82) is 0 Å². The van der Waals surface area contributed by atoms with Crippen LogP contribution in [0, 0.1) is 5.92 Å². The molecule has 0 aromatic carbocycles. The molecule has 0 bridgehead atoms. The van der Waals surface area contributed by atoms with Crippen LogP contribution < -0.4 is 0 Å². The first-order valence-corrected chi connectivity index (χ1v) is 6.67. The first kappa shape index (κ1) is 12.3. The molecule has 1 saturated heterocycles. The molecule has 1 aliphatic heterocycles. The van der Waals surface area contributed by atoms with Crippen LogP contribution in [0.4, 0.5) is 0 Å². The largest absolute Gasteiger partial charge is 0.343 e. The zero-order valence-corrected chi connectivity index (χ0v) is 10.6. The van der Waals surface area contributed by atoms with Gasteiger partial charge in [-0.25, -0.2) is 0 Å². The molecule has 3 nitrogen and oxygen atoms in total. The van der Waals surface area contributed by atoms with E-state index in [2.05, 4.69) is 13.0 Å². The molecule has 94 valence electrons. The Morgan fingerprint density at radius 3 is 2.88 bits per heavy atom. The molecule has 0 radical (unpaired) electrons. The van der Waals surface area contributed by atoms with E-state index in [0.29, 0.717) is 24.5 Å². The van der Waals surface area contributed by atoms with Crippen LogP contribution in [0.15, 0.2) is 11.6 Å². The maximum atomic E-state index is 11.7. The molecule has 1 amide bonds. The molecule has 1 heterocycles. The topological polar surface area (TPSA) is 37.4 Å². The Bertz CT molecular complexity index is 346. The minimum Gasteiger partial charge on any atom is -0.343 e. The summed E-state index contributed by atoms with van der Waals surface area (Å²) in [6, 6.07) is 0. The molecule has 1 unspecified atom stereocenters. The second-order valence-electron chi connectivity index (χ2n) is 5.29. The lowest BCUT2D eigenvalue weighted by atomic mass is 9.88. The van der Waals surface area contributed by atoms with Gasteiger partial charge >= 0.3 is 0 Å². The number of carbonyl (C=O) groups is 2. The van der Waals surface area contributed by atoms with Gasteiger partial charge in [-0.15, -0.1) is 0 Å². The van der Waals surface area contributed by atoms with E-state index in [-0.39, 0.29) is 5.91 Å². The van der Waals surface area contributed by atoms with Crippen molar-refractivity contribution < 1.29 is 9.59 Å². The van der Waals surface area contributed by atoms with E-state index in [1.807, 2.05) is 4.90 Å². The van der Waals surface area contributed by atoms with E-state index < -0.39 is 0 Å². The van der Waals surface area contributed by atoms with E-state index in [4.69, 9.17) is 0 Å². The van der Waals surface area contributed by atoms with Crippen LogP contribution in [-0.4, -0.2) is 29.7 Å². The second-order valence-corrected chi connectivity index (χ2v) is 5.29. The number of carbonyl (C=O) groups excluding carboxylic acids is 2. The fourth-order valence-electron chi connectivity index (χ4n) is 2.63. The van der Waals surface area contributed by atoms with Crippen LogP contribution in [0.3, 0.4) is 0 Å². The fourth-order valence-corrected chi connectivity index (χ4v) is 2.63. The molecule has 1 fully saturated rings. The van der Waals surface area contributed by atoms with Gasteiger partial charge in [0.25, 0.3) is 0 Å². The number of allylic oxidation sites excluding steroid dienone is 2. The predicted molar refractivity (Wildman–Crippen MR) is 66.5 cm³/mol. The molecule has 2 rings (SSSR count). The van der Waals surface area contributed by atoms with Crippen LogP contribution in [0.2, 0.25) is 0 Å². The molecule has 17 heavy (non-hydrogen) atoms. The van der Waals surface area contributed by atoms with Crippen LogP contribution in [0.1, 0.15) is 45.4 Å². The van der Waals surface area contributed by atoms with E-state index in [1.165, 1.54) is 0 Å². The quantitative estimate of drug-likeness (QED) is 0.750. The van der Waals surface area contributed by atoms with Crippen LogP contribution in [-0.2, 0) is 9.59 Å². The molecular formula is C14H21NO2. The van der Waals surface area contributed by atoms with E-state index in [1.54, 1.807) is 0 Å². The molecule has 0 N–H and O–H groups in total. The molecule has 2 aliphatic rings. The lowest BCUT2D eigenvalue weighted by Crippen LogP contribution is -2.26. The molecule has 0 saturated carbocycles. The van der Waals surface area contributed by atoms with Crippen LogP contribution in [0.5, 0.6) is 0 Å². The molecule has 1 atom stereocenters. The number of amides is 1. The number of ketones is 1. The highest BCUT2D eigenvalue weighted by molar-refractivity contribution is 5.96. The Hall–Kier alpha value is -1.12. The number of likely N-dealkylation sites (tertiary alicyclic amines) is 1. The molecule has 0 aromatic rings. The van der Waals surface area contributed by atoms with Gasteiger partial charge in [-0.3, -0.25) is 9.59 Å². The third kappa shape index (κ3) is 3.18. The van der Waals surface area contributed by atoms with Crippen molar-refractivity contribution >= 4 is 11.7 Å². The van der Waals surface area contributed by atoms with Gasteiger partial charge in [0.15, 0.2) is 5.78 Å². The summed E-state index contributed by atoms with van der Waals surface area (Å²) in [7, 11) is 0. The third-order valence-corrected chi connectivity index (χ3v) is 3.70. The summed E-state index contributed by atoms with van der Waals surface area (Å²) >= 11 is 0. The number of rotatable bonds is 4. The maximum Gasteiger partial charge on any atom is 0.222 e. The SMILES string of the molecule is CC1CC=C(CCCN2CCCC2=O)C(=O)C1. The van der Waals surface area contributed by atoms with E-state index in [9.17, 15) is 9.59 Å². The highest BCUT2D eigenvalue weighted by atomic mass is 16.2. The second kappa shape index (κ2) is 5.48. The smallest absolute Gasteiger partial charge is 0.222 e. The average molecular weight is 235 g/mol. The van der Waals surface area contributed by atoms with Crippen LogP contribution >= 0.6 is 0 Å². The van der Waals surface area contributed by atoms with Gasteiger partial charge in [0, 0.05) is 25.9 Å². The zero-order chi connectivity index (χ0) is 12.3. The Morgan fingerprint density at radius 1 is 1.41 bits per heavy atom. The van der Waals surface area contributed by atoms with Crippen molar-refractivity contribution in [2.45, 2.75) is 45.4 Å². The first-order chi connectivity index (χ1) is 8.16. The first-order valence-electron chi connectivity index (χ1n) is 6.67. The van der Waals surface area contributed by atoms with Gasteiger partial charge in [0.2, 0.25) is 5.91 Å². The van der Waals surface area contributed by atoms with Crippen molar-refractivity contribution in [3.05, 3.63) is 11.6 Å². The van der Waals surface area contributed by atoms with Crippen molar-refractivity contribution in [2.24, 2.45) is 5.92 Å². The number of hydrogen-bond donors (Lipinski definition) is 0. The summed E-state index contributed by atoms with van der Waals surface area (Å²) in [5.74, 6) is 1.10. The number of nitrogens with zero attached hydrogens (tertiary/aromatic N) is 1. The van der Waals surface area contributed by atoms with Gasteiger partial charge < -0.3 is 4.90 Å². The lowest BCUT2D eigenvalue weighted by molar-refractivity contribution is -0.127. The number of Topliss-reactive ketones (excluding diaryl/α,β-unsaturated/α-hetero) is 1. The van der Waals surface area contributed by atoms with Crippen LogP contribution in [0.25, 0.3) is 0 Å². The molecule has 3 heteroatoms. The lowest BCUT2D eigenvalue weighted by Gasteiger charge is -2.19. The van der Waals surface area contributed by atoms with Crippen molar-refractivity contribution in [1.82, 2.24) is 4.90 Å². The zero-order valence-electron chi connectivity index (χ0n) is 10.6. The summed E-state index contributed by atoms with van der Waals surface area (Å²) in [5, 5.41) is 0. The Labute approximate surface area is 103 Å². The Morgan fingerprint density at radius 2 is 2.24 bits per heavy atom. The molecule has 0 aromatic heterocycles. The number of hydrogen-bond acceptors (Lipinski definition) is 2. The Kier molecular flexibility index (Phi) is 3.97. The van der Waals surface area contributed by atoms with Crippen molar-refractivity contribution in [3.63, 3.8) is 0 Å². The monoisotopic (exact) mass is 235 g/mol. The molecular weight excluding hydrogens is 214 g/mol. The normalized spacial score (nSPS) is 25.4. The summed E-state index contributed by atoms with van der Waals surface area (Å²) in [6.07, 6.45) is 7.31.